The number of carbonyl (C=O) groups is 5. The lowest BCUT2D eigenvalue weighted by molar-refractivity contribution is -0.134. The quantitative estimate of drug-likeness (QED) is 0.439. The Morgan fingerprint density at radius 2 is 1.31 bits per heavy atom. The average Bonchev–Trinajstić information content (AvgIpc) is 3.35. The number of likely N-dealkylation sites (N-methyl/N-ethyl adjacent to an activating group) is 1. The lowest BCUT2D eigenvalue weighted by Gasteiger charge is -2.16. The molecule has 0 saturated carbocycles. The van der Waals surface area contributed by atoms with Gasteiger partial charge in [-0.05, 0) is 12.8 Å². The number of aliphatic carboxylic acids is 4. The molecule has 1 aromatic rings. The smallest absolute Gasteiger partial charge is 0.328 e. The fourth-order valence-electron chi connectivity index (χ4n) is 2.56. The van der Waals surface area contributed by atoms with E-state index in [9.17, 15) is 24.0 Å². The van der Waals surface area contributed by atoms with Gasteiger partial charge in [0.05, 0.1) is 6.42 Å². The third-order valence-corrected chi connectivity index (χ3v) is 3.99. The minimum atomic E-state index is -1.26. The first-order valence-electron chi connectivity index (χ1n) is 9.16. The van der Waals surface area contributed by atoms with Crippen LogP contribution in [0.1, 0.15) is 18.4 Å². The molecule has 1 saturated heterocycles. The second-order valence-electron chi connectivity index (χ2n) is 6.36. The Kier molecular flexibility index (Phi) is 9.99. The summed E-state index contributed by atoms with van der Waals surface area (Å²) in [6.07, 6.45) is 6.86. The molecule has 32 heavy (non-hydrogen) atoms. The van der Waals surface area contributed by atoms with Crippen LogP contribution >= 0.6 is 0 Å². The number of fused-ring (bicyclic) bond motifs is 1. The van der Waals surface area contributed by atoms with Gasteiger partial charge in [0.15, 0.2) is 0 Å². The molecule has 3 rings (SSSR count). The van der Waals surface area contributed by atoms with Crippen LogP contribution in [0.15, 0.2) is 30.5 Å². The lowest BCUT2D eigenvalue weighted by atomic mass is 10.3. The molecule has 2 aliphatic heterocycles. The van der Waals surface area contributed by atoms with Crippen molar-refractivity contribution in [2.45, 2.75) is 19.3 Å². The predicted molar refractivity (Wildman–Crippen MR) is 109 cm³/mol. The Hall–Kier alpha value is -4.29. The lowest BCUT2D eigenvalue weighted by Crippen LogP contribution is -2.24. The second kappa shape index (κ2) is 12.4. The zero-order chi connectivity index (χ0) is 24.3. The molecule has 0 atom stereocenters. The summed E-state index contributed by atoms with van der Waals surface area (Å²) in [5.41, 5.74) is 0.940. The Bertz CT molecular complexity index is 871. The van der Waals surface area contributed by atoms with Gasteiger partial charge >= 0.3 is 23.9 Å². The number of aromatic nitrogens is 2. The van der Waals surface area contributed by atoms with Crippen molar-refractivity contribution in [3.63, 3.8) is 0 Å². The zero-order valence-corrected chi connectivity index (χ0v) is 17.0. The first-order chi connectivity index (χ1) is 15.0. The van der Waals surface area contributed by atoms with Crippen molar-refractivity contribution in [3.05, 3.63) is 36.1 Å². The normalized spacial score (nSPS) is 14.5. The zero-order valence-electron chi connectivity index (χ0n) is 17.0. The molecule has 0 aromatic carbocycles. The molecular formula is C19H22N4O9. The Balaban J connectivity index is 0.000000273. The molecule has 0 radical (unpaired) electrons. The van der Waals surface area contributed by atoms with Crippen molar-refractivity contribution in [2.75, 3.05) is 29.9 Å². The highest BCUT2D eigenvalue weighted by molar-refractivity contribution is 5.99. The van der Waals surface area contributed by atoms with Gasteiger partial charge in [-0.1, -0.05) is 0 Å². The van der Waals surface area contributed by atoms with Crippen molar-refractivity contribution >= 4 is 41.6 Å². The van der Waals surface area contributed by atoms with E-state index in [1.54, 1.807) is 18.1 Å². The van der Waals surface area contributed by atoms with E-state index in [-0.39, 0.29) is 5.91 Å². The Morgan fingerprint density at radius 3 is 1.72 bits per heavy atom. The van der Waals surface area contributed by atoms with Crippen LogP contribution < -0.4 is 9.80 Å². The van der Waals surface area contributed by atoms with Gasteiger partial charge in [0.25, 0.3) is 0 Å². The summed E-state index contributed by atoms with van der Waals surface area (Å²) >= 11 is 0. The van der Waals surface area contributed by atoms with E-state index >= 15 is 0 Å². The minimum Gasteiger partial charge on any atom is -0.478 e. The molecule has 1 fully saturated rings. The van der Waals surface area contributed by atoms with Gasteiger partial charge in [-0.3, -0.25) is 9.69 Å². The number of hydrogen-bond donors (Lipinski definition) is 4. The van der Waals surface area contributed by atoms with Crippen molar-refractivity contribution < 1.29 is 44.4 Å². The molecule has 4 N–H and O–H groups in total. The van der Waals surface area contributed by atoms with Crippen LogP contribution in [-0.4, -0.2) is 80.3 Å². The van der Waals surface area contributed by atoms with Crippen LogP contribution in [0, 0.1) is 0 Å². The molecule has 0 spiro atoms. The summed E-state index contributed by atoms with van der Waals surface area (Å²) in [5.74, 6) is -3.39. The Labute approximate surface area is 181 Å². The maximum absolute atomic E-state index is 11.5. The number of rotatable bonds is 5. The monoisotopic (exact) mass is 450 g/mol. The highest BCUT2D eigenvalue weighted by Gasteiger charge is 2.27. The maximum atomic E-state index is 11.5. The second-order valence-corrected chi connectivity index (χ2v) is 6.36. The first-order valence-corrected chi connectivity index (χ1v) is 9.16. The summed E-state index contributed by atoms with van der Waals surface area (Å²) < 4.78 is 0. The third-order valence-electron chi connectivity index (χ3n) is 3.99. The number of amides is 1. The first kappa shape index (κ1) is 25.7. The molecule has 13 heteroatoms. The summed E-state index contributed by atoms with van der Waals surface area (Å²) in [6.45, 7) is 2.05. The van der Waals surface area contributed by atoms with E-state index in [4.69, 9.17) is 20.4 Å². The van der Waals surface area contributed by atoms with Crippen molar-refractivity contribution in [2.24, 2.45) is 0 Å². The summed E-state index contributed by atoms with van der Waals surface area (Å²) in [6, 6.07) is 0. The van der Waals surface area contributed by atoms with E-state index in [1.807, 2.05) is 0 Å². The topological polar surface area (TPSA) is 199 Å². The molecule has 172 valence electrons. The SMILES string of the molecule is CN1C(=O)Cc2cnc(N3CCCC3)nc21.O=C(O)/C=C/C(=O)O.O=C(O)/C=C/C(=O)O. The van der Waals surface area contributed by atoms with Gasteiger partial charge in [-0.25, -0.2) is 24.2 Å². The molecule has 2 aliphatic rings. The summed E-state index contributed by atoms with van der Waals surface area (Å²) in [5, 5.41) is 31.2. The van der Waals surface area contributed by atoms with Crippen LogP contribution in [0.5, 0.6) is 0 Å². The van der Waals surface area contributed by atoms with Crippen molar-refractivity contribution in [3.8, 4) is 0 Å². The van der Waals surface area contributed by atoms with E-state index in [1.165, 1.54) is 12.8 Å². The van der Waals surface area contributed by atoms with Gasteiger partial charge in [0.1, 0.15) is 5.82 Å². The minimum absolute atomic E-state index is 0.0999. The van der Waals surface area contributed by atoms with Crippen LogP contribution in [0.4, 0.5) is 11.8 Å². The molecule has 1 amide bonds. The predicted octanol–water partition coefficient (Wildman–Crippen LogP) is 0.0193. The van der Waals surface area contributed by atoms with E-state index < -0.39 is 23.9 Å². The van der Waals surface area contributed by atoms with Gasteiger partial charge in [-0.15, -0.1) is 0 Å². The average molecular weight is 450 g/mol. The van der Waals surface area contributed by atoms with Crippen LogP contribution in [0.2, 0.25) is 0 Å². The molecule has 0 bridgehead atoms. The molecule has 3 heterocycles. The van der Waals surface area contributed by atoms with E-state index in [0.717, 1.165) is 30.4 Å². The maximum Gasteiger partial charge on any atom is 0.328 e. The summed E-state index contributed by atoms with van der Waals surface area (Å²) in [4.78, 5) is 62.3. The van der Waals surface area contributed by atoms with Gasteiger partial charge in [0, 0.05) is 56.2 Å². The molecule has 0 aliphatic carbocycles. The molecular weight excluding hydrogens is 428 g/mol. The van der Waals surface area contributed by atoms with E-state index in [0.29, 0.717) is 30.7 Å². The van der Waals surface area contributed by atoms with Gasteiger partial charge in [-0.2, -0.15) is 4.98 Å². The molecule has 13 nitrogen and oxygen atoms in total. The Morgan fingerprint density at radius 1 is 0.875 bits per heavy atom. The number of nitrogens with zero attached hydrogens (tertiary/aromatic N) is 4. The van der Waals surface area contributed by atoms with Crippen LogP contribution in [0.25, 0.3) is 0 Å². The number of carbonyl (C=O) groups excluding carboxylic acids is 1. The largest absolute Gasteiger partial charge is 0.478 e. The van der Waals surface area contributed by atoms with E-state index in [2.05, 4.69) is 14.9 Å². The highest BCUT2D eigenvalue weighted by Crippen LogP contribution is 2.27. The molecule has 1 aromatic heterocycles. The van der Waals surface area contributed by atoms with Gasteiger partial charge < -0.3 is 25.3 Å². The highest BCUT2D eigenvalue weighted by atomic mass is 16.4. The third kappa shape index (κ3) is 9.02. The van der Waals surface area contributed by atoms with Crippen molar-refractivity contribution in [1.29, 1.82) is 0 Å². The molecule has 0 unspecified atom stereocenters. The summed E-state index contributed by atoms with van der Waals surface area (Å²) in [7, 11) is 1.77. The van der Waals surface area contributed by atoms with Gasteiger partial charge in [0.2, 0.25) is 11.9 Å². The van der Waals surface area contributed by atoms with Crippen LogP contribution in [-0.2, 0) is 30.4 Å². The fourth-order valence-corrected chi connectivity index (χ4v) is 2.56. The standard InChI is InChI=1S/C11H14N4O.2C4H4O4/c1-14-9(16)6-8-7-12-11(13-10(8)14)15-4-2-3-5-15;2*5-3(6)1-2-4(7)8/h7H,2-6H2,1H3;2*1-2H,(H,5,6)(H,7,8)/b;2*2-1+. The fraction of sp³-hybridized carbons (Fsp3) is 0.316. The number of carboxylic acids is 4. The number of anilines is 2. The van der Waals surface area contributed by atoms with Crippen LogP contribution in [0.3, 0.4) is 0 Å². The number of hydrogen-bond acceptors (Lipinski definition) is 8. The number of carboxylic acid groups (broad SMARTS) is 4. The van der Waals surface area contributed by atoms with Crippen molar-refractivity contribution in [1.82, 2.24) is 9.97 Å².